The van der Waals surface area contributed by atoms with E-state index in [0.29, 0.717) is 21.5 Å². The Morgan fingerprint density at radius 2 is 1.95 bits per heavy atom. The molecule has 2 aromatic carbocycles. The van der Waals surface area contributed by atoms with Crippen molar-refractivity contribution in [3.8, 4) is 0 Å². The standard InChI is InChI=1S/C16H11ClFNO/c17-12-5-2-1-4-10(12)8-15(20)11-9-19-14-7-3-6-13(18)16(11)14/h1-7,9,19H,8H2. The molecule has 0 fully saturated rings. The van der Waals surface area contributed by atoms with Crippen LogP contribution in [0.1, 0.15) is 15.9 Å². The molecule has 1 heterocycles. The molecule has 0 aliphatic carbocycles. The average molecular weight is 288 g/mol. The fourth-order valence-corrected chi connectivity index (χ4v) is 2.47. The molecule has 3 aromatic rings. The summed E-state index contributed by atoms with van der Waals surface area (Å²) in [5.74, 6) is -0.555. The fraction of sp³-hybridized carbons (Fsp3) is 0.0625. The van der Waals surface area contributed by atoms with Crippen LogP contribution in [-0.4, -0.2) is 10.8 Å². The van der Waals surface area contributed by atoms with Gasteiger partial charge in [-0.2, -0.15) is 0 Å². The van der Waals surface area contributed by atoms with Gasteiger partial charge >= 0.3 is 0 Å². The van der Waals surface area contributed by atoms with E-state index in [4.69, 9.17) is 11.6 Å². The second-order valence-corrected chi connectivity index (χ2v) is 4.96. The molecule has 1 aromatic heterocycles. The normalized spacial score (nSPS) is 10.9. The third kappa shape index (κ3) is 2.21. The summed E-state index contributed by atoms with van der Waals surface area (Å²) in [6.45, 7) is 0. The van der Waals surface area contributed by atoms with E-state index in [1.807, 2.05) is 12.1 Å². The highest BCUT2D eigenvalue weighted by molar-refractivity contribution is 6.31. The summed E-state index contributed by atoms with van der Waals surface area (Å²) in [5.41, 5.74) is 1.72. The highest BCUT2D eigenvalue weighted by atomic mass is 35.5. The van der Waals surface area contributed by atoms with Gasteiger partial charge in [0.25, 0.3) is 0 Å². The summed E-state index contributed by atoms with van der Waals surface area (Å²) in [7, 11) is 0. The monoisotopic (exact) mass is 287 g/mol. The first kappa shape index (κ1) is 12.9. The van der Waals surface area contributed by atoms with Gasteiger partial charge in [0.05, 0.1) is 0 Å². The first-order valence-electron chi connectivity index (χ1n) is 6.19. The Balaban J connectivity index is 2.00. The zero-order valence-electron chi connectivity index (χ0n) is 10.5. The van der Waals surface area contributed by atoms with Gasteiger partial charge in [0.15, 0.2) is 5.78 Å². The lowest BCUT2D eigenvalue weighted by atomic mass is 10.0. The molecular weight excluding hydrogens is 277 g/mol. The molecule has 0 spiro atoms. The Kier molecular flexibility index (Phi) is 3.28. The van der Waals surface area contributed by atoms with Crippen molar-refractivity contribution in [3.05, 3.63) is 70.6 Å². The molecule has 100 valence electrons. The third-order valence-corrected chi connectivity index (χ3v) is 3.63. The Bertz CT molecular complexity index is 794. The van der Waals surface area contributed by atoms with E-state index in [9.17, 15) is 9.18 Å². The molecule has 0 bridgehead atoms. The van der Waals surface area contributed by atoms with E-state index in [1.165, 1.54) is 6.07 Å². The van der Waals surface area contributed by atoms with Crippen molar-refractivity contribution in [1.82, 2.24) is 4.98 Å². The van der Waals surface area contributed by atoms with Crippen molar-refractivity contribution < 1.29 is 9.18 Å². The Labute approximate surface area is 120 Å². The number of carbonyl (C=O) groups is 1. The predicted molar refractivity (Wildman–Crippen MR) is 77.7 cm³/mol. The molecule has 0 atom stereocenters. The Morgan fingerprint density at radius 3 is 2.75 bits per heavy atom. The molecule has 4 heteroatoms. The van der Waals surface area contributed by atoms with E-state index in [1.54, 1.807) is 30.5 Å². The van der Waals surface area contributed by atoms with Gasteiger partial charge in [-0.3, -0.25) is 4.79 Å². The number of rotatable bonds is 3. The molecule has 0 aliphatic rings. The summed E-state index contributed by atoms with van der Waals surface area (Å²) in [4.78, 5) is 15.3. The van der Waals surface area contributed by atoms with Crippen LogP contribution in [-0.2, 0) is 6.42 Å². The van der Waals surface area contributed by atoms with Gasteiger partial charge in [-0.25, -0.2) is 4.39 Å². The fourth-order valence-electron chi connectivity index (χ4n) is 2.27. The summed E-state index contributed by atoms with van der Waals surface area (Å²) in [6.07, 6.45) is 1.70. The van der Waals surface area contributed by atoms with Crippen LogP contribution in [0.3, 0.4) is 0 Å². The van der Waals surface area contributed by atoms with Crippen LogP contribution in [0, 0.1) is 5.82 Å². The van der Waals surface area contributed by atoms with Crippen LogP contribution in [0.5, 0.6) is 0 Å². The number of aromatic amines is 1. The van der Waals surface area contributed by atoms with Crippen LogP contribution < -0.4 is 0 Å². The second-order valence-electron chi connectivity index (χ2n) is 4.56. The minimum atomic E-state index is -0.397. The molecule has 2 nitrogen and oxygen atoms in total. The van der Waals surface area contributed by atoms with E-state index in [2.05, 4.69) is 4.98 Å². The van der Waals surface area contributed by atoms with E-state index in [-0.39, 0.29) is 12.2 Å². The first-order valence-corrected chi connectivity index (χ1v) is 6.57. The van der Waals surface area contributed by atoms with Crippen LogP contribution >= 0.6 is 11.6 Å². The van der Waals surface area contributed by atoms with Crippen molar-refractivity contribution in [2.75, 3.05) is 0 Å². The van der Waals surface area contributed by atoms with Crippen LogP contribution in [0.25, 0.3) is 10.9 Å². The van der Waals surface area contributed by atoms with Gasteiger partial charge in [-0.05, 0) is 23.8 Å². The minimum absolute atomic E-state index is 0.154. The van der Waals surface area contributed by atoms with E-state index < -0.39 is 5.82 Å². The van der Waals surface area contributed by atoms with Crippen molar-refractivity contribution in [3.63, 3.8) is 0 Å². The topological polar surface area (TPSA) is 32.9 Å². The van der Waals surface area contributed by atoms with E-state index in [0.717, 1.165) is 5.56 Å². The lowest BCUT2D eigenvalue weighted by Gasteiger charge is -2.03. The SMILES string of the molecule is O=C(Cc1ccccc1Cl)c1c[nH]c2cccc(F)c12. The molecule has 0 unspecified atom stereocenters. The predicted octanol–water partition coefficient (Wildman–Crippen LogP) is 4.39. The van der Waals surface area contributed by atoms with Crippen LogP contribution in [0.15, 0.2) is 48.7 Å². The molecule has 3 rings (SSSR count). The number of hydrogen-bond donors (Lipinski definition) is 1. The molecule has 0 radical (unpaired) electrons. The number of carbonyl (C=O) groups excluding carboxylic acids is 1. The molecule has 0 saturated heterocycles. The van der Waals surface area contributed by atoms with Crippen molar-refractivity contribution in [2.45, 2.75) is 6.42 Å². The number of aromatic nitrogens is 1. The highest BCUT2D eigenvalue weighted by Crippen LogP contribution is 2.24. The number of benzene rings is 2. The Hall–Kier alpha value is -2.13. The number of ketones is 1. The van der Waals surface area contributed by atoms with E-state index >= 15 is 0 Å². The first-order chi connectivity index (χ1) is 9.66. The zero-order valence-corrected chi connectivity index (χ0v) is 11.2. The number of fused-ring (bicyclic) bond motifs is 1. The maximum absolute atomic E-state index is 13.9. The maximum Gasteiger partial charge on any atom is 0.169 e. The number of hydrogen-bond acceptors (Lipinski definition) is 1. The van der Waals surface area contributed by atoms with Gasteiger partial charge in [0.1, 0.15) is 5.82 Å². The molecule has 1 N–H and O–H groups in total. The molecule has 0 amide bonds. The second kappa shape index (κ2) is 5.10. The lowest BCUT2D eigenvalue weighted by molar-refractivity contribution is 0.0994. The largest absolute Gasteiger partial charge is 0.360 e. The van der Waals surface area contributed by atoms with Gasteiger partial charge in [0.2, 0.25) is 0 Å². The van der Waals surface area contributed by atoms with Gasteiger partial charge in [-0.15, -0.1) is 0 Å². The number of Topliss-reactive ketones (excluding diaryl/α,β-unsaturated/α-hetero) is 1. The molecule has 0 aliphatic heterocycles. The quantitative estimate of drug-likeness (QED) is 0.712. The highest BCUT2D eigenvalue weighted by Gasteiger charge is 2.16. The minimum Gasteiger partial charge on any atom is -0.360 e. The summed E-state index contributed by atoms with van der Waals surface area (Å²) in [5, 5.41) is 0.880. The smallest absolute Gasteiger partial charge is 0.169 e. The van der Waals surface area contributed by atoms with Gasteiger partial charge in [0, 0.05) is 34.1 Å². The molecular formula is C16H11ClFNO. The third-order valence-electron chi connectivity index (χ3n) is 3.26. The molecule has 0 saturated carbocycles. The summed E-state index contributed by atoms with van der Waals surface area (Å²) >= 11 is 6.05. The Morgan fingerprint density at radius 1 is 1.15 bits per heavy atom. The maximum atomic E-state index is 13.9. The van der Waals surface area contributed by atoms with Crippen molar-refractivity contribution >= 4 is 28.3 Å². The lowest BCUT2D eigenvalue weighted by Crippen LogP contribution is -2.03. The van der Waals surface area contributed by atoms with Crippen LogP contribution in [0.4, 0.5) is 4.39 Å². The van der Waals surface area contributed by atoms with Gasteiger partial charge < -0.3 is 4.98 Å². The number of nitrogens with one attached hydrogen (secondary N) is 1. The number of H-pyrrole nitrogens is 1. The van der Waals surface area contributed by atoms with Gasteiger partial charge in [-0.1, -0.05) is 35.9 Å². The molecule has 20 heavy (non-hydrogen) atoms. The summed E-state index contributed by atoms with van der Waals surface area (Å²) < 4.78 is 13.9. The van der Waals surface area contributed by atoms with Crippen molar-refractivity contribution in [1.29, 1.82) is 0 Å². The zero-order chi connectivity index (χ0) is 14.1. The average Bonchev–Trinajstić information content (AvgIpc) is 2.87. The number of halogens is 2. The summed E-state index contributed by atoms with van der Waals surface area (Å²) in [6, 6.07) is 11.9. The van der Waals surface area contributed by atoms with Crippen molar-refractivity contribution in [2.24, 2.45) is 0 Å². The van der Waals surface area contributed by atoms with Crippen LogP contribution in [0.2, 0.25) is 5.02 Å².